The Kier molecular flexibility index (Phi) is 6.62. The number of anilines is 3. The van der Waals surface area contributed by atoms with Crippen LogP contribution in [0.2, 0.25) is 0 Å². The minimum atomic E-state index is 0.325. The monoisotopic (exact) mass is 735 g/mol. The van der Waals surface area contributed by atoms with Gasteiger partial charge in [-0.05, 0) is 131 Å². The third-order valence-corrected chi connectivity index (χ3v) is 14.2. The molecular weight excluding hydrogens is 695 g/mol. The lowest BCUT2D eigenvalue weighted by molar-refractivity contribution is -0.00518. The molecule has 8 aromatic carbocycles. The molecule has 0 unspecified atom stereocenters. The third kappa shape index (κ3) is 4.66. The van der Waals surface area contributed by atoms with Crippen LogP contribution in [0.3, 0.4) is 0 Å². The summed E-state index contributed by atoms with van der Waals surface area (Å²) in [6.07, 6.45) is 8.41. The summed E-state index contributed by atoms with van der Waals surface area (Å²) in [7, 11) is 0. The second-order valence-electron chi connectivity index (χ2n) is 17.5. The topological polar surface area (TPSA) is 29.5 Å². The van der Waals surface area contributed by atoms with E-state index in [0.717, 1.165) is 78.7 Å². The third-order valence-electron chi connectivity index (χ3n) is 14.2. The van der Waals surface area contributed by atoms with Gasteiger partial charge in [0.1, 0.15) is 16.7 Å². The van der Waals surface area contributed by atoms with E-state index in [9.17, 15) is 0 Å². The van der Waals surface area contributed by atoms with Gasteiger partial charge in [0.15, 0.2) is 5.58 Å². The van der Waals surface area contributed by atoms with Crippen LogP contribution in [0.4, 0.5) is 17.1 Å². The summed E-state index contributed by atoms with van der Waals surface area (Å²) in [6, 6.07) is 57.8. The number of hydrogen-bond acceptors (Lipinski definition) is 3. The van der Waals surface area contributed by atoms with Crippen molar-refractivity contribution in [3.63, 3.8) is 0 Å². The zero-order valence-corrected chi connectivity index (χ0v) is 31.7. The van der Waals surface area contributed by atoms with Gasteiger partial charge in [0.2, 0.25) is 0 Å². The molecule has 3 nitrogen and oxygen atoms in total. The Hall–Kier alpha value is -6.32. The number of para-hydroxylation sites is 2. The fourth-order valence-corrected chi connectivity index (χ4v) is 12.2. The van der Waals surface area contributed by atoms with Crippen molar-refractivity contribution in [2.45, 2.75) is 43.9 Å². The highest BCUT2D eigenvalue weighted by molar-refractivity contribution is 6.26. The molecule has 0 aliphatic heterocycles. The first-order valence-corrected chi connectivity index (χ1v) is 20.8. The van der Waals surface area contributed by atoms with Crippen molar-refractivity contribution in [3.05, 3.63) is 163 Å². The SMILES string of the molecule is c1ccc2c(-c3ccc(N(c4ccc(C56CC7CC(CC(C7)C5)C6)cc4)c4cc5c6ccccc6oc5c5c4oc4ccccc45)c4ccccc34)cccc2c1. The number of furan rings is 2. The van der Waals surface area contributed by atoms with Crippen LogP contribution in [0.5, 0.6) is 0 Å². The van der Waals surface area contributed by atoms with Crippen molar-refractivity contribution in [1.29, 1.82) is 0 Å². The molecule has 2 heterocycles. The van der Waals surface area contributed by atoms with Crippen LogP contribution in [0.25, 0.3) is 76.5 Å². The van der Waals surface area contributed by atoms with Crippen molar-refractivity contribution >= 4 is 82.5 Å². The van der Waals surface area contributed by atoms with Crippen LogP contribution in [-0.4, -0.2) is 0 Å². The van der Waals surface area contributed by atoms with Gasteiger partial charge in [-0.15, -0.1) is 0 Å². The standard InChI is InChI=1S/C54H41NO2/c1-2-12-39-36(10-1)11-9-17-40(39)42-24-25-47(43-14-4-3-13-41(42)43)55(38-22-20-37(21-23-38)54-30-33-26-34(31-54)28-35(27-33)32-54)48-29-46-44-15-5-7-18-49(44)56-52(46)51-45-16-6-8-19-50(45)57-53(48)51/h1-25,29,33-35H,26-28,30-32H2. The molecule has 0 amide bonds. The normalized spacial score (nSPS) is 21.5. The van der Waals surface area contributed by atoms with Crippen LogP contribution in [0.15, 0.2) is 167 Å². The summed E-state index contributed by atoms with van der Waals surface area (Å²) in [6.45, 7) is 0. The maximum Gasteiger partial charge on any atom is 0.163 e. The molecule has 14 rings (SSSR count). The van der Waals surface area contributed by atoms with E-state index in [1.54, 1.807) is 0 Å². The van der Waals surface area contributed by atoms with Crippen LogP contribution in [0.1, 0.15) is 44.1 Å². The molecule has 4 bridgehead atoms. The first-order chi connectivity index (χ1) is 28.2. The summed E-state index contributed by atoms with van der Waals surface area (Å²) in [5.41, 5.74) is 11.0. The molecule has 0 saturated heterocycles. The van der Waals surface area contributed by atoms with Gasteiger partial charge in [-0.25, -0.2) is 0 Å². The van der Waals surface area contributed by atoms with Gasteiger partial charge < -0.3 is 13.7 Å². The van der Waals surface area contributed by atoms with Gasteiger partial charge in [0.05, 0.1) is 16.8 Å². The Labute approximate surface area is 331 Å². The van der Waals surface area contributed by atoms with Crippen LogP contribution >= 0.6 is 0 Å². The van der Waals surface area contributed by atoms with Crippen molar-refractivity contribution in [1.82, 2.24) is 0 Å². The van der Waals surface area contributed by atoms with E-state index in [-0.39, 0.29) is 0 Å². The van der Waals surface area contributed by atoms with Gasteiger partial charge in [0.25, 0.3) is 0 Å². The fraction of sp³-hybridized carbons (Fsp3) is 0.185. The Morgan fingerprint density at radius 2 is 1.02 bits per heavy atom. The molecule has 4 saturated carbocycles. The lowest BCUT2D eigenvalue weighted by Crippen LogP contribution is -2.48. The quantitative estimate of drug-likeness (QED) is 0.176. The molecule has 4 aliphatic rings. The van der Waals surface area contributed by atoms with Crippen LogP contribution in [-0.2, 0) is 5.41 Å². The predicted octanol–water partition coefficient (Wildman–Crippen LogP) is 15.4. The lowest BCUT2D eigenvalue weighted by Gasteiger charge is -2.57. The van der Waals surface area contributed by atoms with Crippen molar-refractivity contribution in [3.8, 4) is 11.1 Å². The van der Waals surface area contributed by atoms with Crippen molar-refractivity contribution in [2.75, 3.05) is 4.90 Å². The highest BCUT2D eigenvalue weighted by Crippen LogP contribution is 2.61. The molecule has 4 fully saturated rings. The van der Waals surface area contributed by atoms with Crippen molar-refractivity contribution in [2.24, 2.45) is 17.8 Å². The van der Waals surface area contributed by atoms with Gasteiger partial charge in [-0.3, -0.25) is 0 Å². The zero-order chi connectivity index (χ0) is 37.2. The molecule has 3 heteroatoms. The number of fused-ring (bicyclic) bond motifs is 9. The zero-order valence-electron chi connectivity index (χ0n) is 31.7. The molecule has 57 heavy (non-hydrogen) atoms. The summed E-state index contributed by atoms with van der Waals surface area (Å²) in [4.78, 5) is 2.46. The number of benzene rings is 8. The Morgan fingerprint density at radius 3 is 1.77 bits per heavy atom. The highest BCUT2D eigenvalue weighted by atomic mass is 16.3. The van der Waals surface area contributed by atoms with E-state index in [4.69, 9.17) is 8.83 Å². The van der Waals surface area contributed by atoms with E-state index in [1.165, 1.54) is 76.8 Å². The van der Waals surface area contributed by atoms with Gasteiger partial charge in [-0.1, -0.05) is 121 Å². The van der Waals surface area contributed by atoms with Gasteiger partial charge in [-0.2, -0.15) is 0 Å². The fourth-order valence-electron chi connectivity index (χ4n) is 12.2. The maximum atomic E-state index is 6.95. The van der Waals surface area contributed by atoms with E-state index in [2.05, 4.69) is 163 Å². The maximum absolute atomic E-state index is 6.95. The molecule has 274 valence electrons. The first kappa shape index (κ1) is 31.8. The summed E-state index contributed by atoms with van der Waals surface area (Å²) < 4.78 is 13.7. The Morgan fingerprint density at radius 1 is 0.439 bits per heavy atom. The van der Waals surface area contributed by atoms with Crippen LogP contribution < -0.4 is 4.90 Å². The Bertz CT molecular complexity index is 3200. The van der Waals surface area contributed by atoms with Crippen LogP contribution in [0, 0.1) is 17.8 Å². The minimum Gasteiger partial charge on any atom is -0.455 e. The Balaban J connectivity index is 1.08. The number of hydrogen-bond donors (Lipinski definition) is 0. The summed E-state index contributed by atoms with van der Waals surface area (Å²) in [5.74, 6) is 2.70. The largest absolute Gasteiger partial charge is 0.455 e. The average Bonchev–Trinajstić information content (AvgIpc) is 3.82. The molecule has 4 aliphatic carbocycles. The van der Waals surface area contributed by atoms with Gasteiger partial charge in [0, 0.05) is 27.2 Å². The number of rotatable bonds is 5. The van der Waals surface area contributed by atoms with Gasteiger partial charge >= 0.3 is 0 Å². The molecule has 0 radical (unpaired) electrons. The van der Waals surface area contributed by atoms with E-state index in [1.807, 2.05) is 0 Å². The smallest absolute Gasteiger partial charge is 0.163 e. The molecule has 10 aromatic rings. The molecular formula is C54H41NO2. The molecule has 0 N–H and O–H groups in total. The molecule has 0 atom stereocenters. The van der Waals surface area contributed by atoms with E-state index in [0.29, 0.717) is 5.41 Å². The second-order valence-corrected chi connectivity index (χ2v) is 17.5. The minimum absolute atomic E-state index is 0.325. The lowest BCUT2D eigenvalue weighted by atomic mass is 9.48. The molecule has 2 aromatic heterocycles. The second kappa shape index (κ2) is 11.8. The van der Waals surface area contributed by atoms with E-state index >= 15 is 0 Å². The number of nitrogens with zero attached hydrogens (tertiary/aromatic N) is 1. The summed E-state index contributed by atoms with van der Waals surface area (Å²) >= 11 is 0. The van der Waals surface area contributed by atoms with Crippen molar-refractivity contribution < 1.29 is 8.83 Å². The first-order valence-electron chi connectivity index (χ1n) is 20.8. The highest BCUT2D eigenvalue weighted by Gasteiger charge is 2.51. The summed E-state index contributed by atoms with van der Waals surface area (Å²) in [5, 5.41) is 9.19. The molecule has 0 spiro atoms. The average molecular weight is 736 g/mol. The van der Waals surface area contributed by atoms with E-state index < -0.39 is 0 Å². The predicted molar refractivity (Wildman–Crippen MR) is 236 cm³/mol.